The van der Waals surface area contributed by atoms with E-state index in [-0.39, 0.29) is 24.5 Å². The van der Waals surface area contributed by atoms with Crippen LogP contribution < -0.4 is 5.32 Å². The molecule has 92 valence electrons. The summed E-state index contributed by atoms with van der Waals surface area (Å²) in [6.07, 6.45) is 1.76. The van der Waals surface area contributed by atoms with Crippen LogP contribution in [0.2, 0.25) is 0 Å². The summed E-state index contributed by atoms with van der Waals surface area (Å²) in [7, 11) is 3.11. The van der Waals surface area contributed by atoms with Crippen molar-refractivity contribution in [2.45, 2.75) is 25.8 Å². The van der Waals surface area contributed by atoms with Gasteiger partial charge in [0, 0.05) is 6.54 Å². The van der Waals surface area contributed by atoms with Gasteiger partial charge in [0.2, 0.25) is 5.91 Å². The zero-order chi connectivity index (χ0) is 12.1. The van der Waals surface area contributed by atoms with E-state index >= 15 is 0 Å². The fourth-order valence-electron chi connectivity index (χ4n) is 1.95. The van der Waals surface area contributed by atoms with E-state index < -0.39 is 0 Å². The van der Waals surface area contributed by atoms with Crippen LogP contribution in [-0.2, 0) is 14.3 Å². The monoisotopic (exact) mass is 228 g/mol. The average Bonchev–Trinajstić information content (AvgIpc) is 2.41. The fraction of sp³-hybridized carbons (Fsp3) is 0.818. The smallest absolute Gasteiger partial charge is 0.325 e. The molecule has 1 amide bonds. The topological polar surface area (TPSA) is 58.6 Å². The predicted molar refractivity (Wildman–Crippen MR) is 59.8 cm³/mol. The van der Waals surface area contributed by atoms with Crippen molar-refractivity contribution >= 4 is 11.9 Å². The number of rotatable bonds is 3. The number of esters is 1. The lowest BCUT2D eigenvalue weighted by Gasteiger charge is -2.22. The molecule has 1 heterocycles. The molecule has 0 aliphatic carbocycles. The number of carbonyl (C=O) groups excluding carboxylic acids is 2. The first-order valence-electron chi connectivity index (χ1n) is 5.61. The predicted octanol–water partition coefficient (Wildman–Crippen LogP) is 0.00590. The lowest BCUT2D eigenvalue weighted by molar-refractivity contribution is -0.147. The van der Waals surface area contributed by atoms with E-state index in [0.29, 0.717) is 12.5 Å². The molecule has 0 spiro atoms. The van der Waals surface area contributed by atoms with E-state index in [0.717, 1.165) is 12.8 Å². The zero-order valence-corrected chi connectivity index (χ0v) is 10.2. The molecular formula is C11H20N2O3. The summed E-state index contributed by atoms with van der Waals surface area (Å²) >= 11 is 0. The Hall–Kier alpha value is -1.10. The summed E-state index contributed by atoms with van der Waals surface area (Å²) in [5.74, 6) is 0.124. The van der Waals surface area contributed by atoms with Crippen LogP contribution in [0.5, 0.6) is 0 Å². The van der Waals surface area contributed by atoms with Gasteiger partial charge < -0.3 is 15.0 Å². The standard InChI is InChI=1S/C11H20N2O3/c1-8-4-5-13(7-10(14)16-3)11(15)9(6-8)12-2/h8-9,12H,4-7H2,1-3H3. The van der Waals surface area contributed by atoms with Gasteiger partial charge in [-0.05, 0) is 25.8 Å². The molecule has 1 fully saturated rings. The maximum atomic E-state index is 12.0. The van der Waals surface area contributed by atoms with Crippen molar-refractivity contribution in [2.24, 2.45) is 5.92 Å². The first-order valence-corrected chi connectivity index (χ1v) is 5.61. The van der Waals surface area contributed by atoms with Gasteiger partial charge in [-0.15, -0.1) is 0 Å². The number of likely N-dealkylation sites (tertiary alicyclic amines) is 1. The van der Waals surface area contributed by atoms with Crippen molar-refractivity contribution in [1.29, 1.82) is 0 Å². The lowest BCUT2D eigenvalue weighted by Crippen LogP contribution is -2.46. The molecule has 0 aromatic carbocycles. The SMILES string of the molecule is CNC1CC(C)CCN(CC(=O)OC)C1=O. The highest BCUT2D eigenvalue weighted by Crippen LogP contribution is 2.17. The highest BCUT2D eigenvalue weighted by molar-refractivity contribution is 5.86. The van der Waals surface area contributed by atoms with Crippen molar-refractivity contribution in [1.82, 2.24) is 10.2 Å². The number of nitrogens with one attached hydrogen (secondary N) is 1. The van der Waals surface area contributed by atoms with E-state index in [1.165, 1.54) is 7.11 Å². The van der Waals surface area contributed by atoms with Crippen molar-refractivity contribution in [3.8, 4) is 0 Å². The summed E-state index contributed by atoms with van der Waals surface area (Å²) in [4.78, 5) is 24.8. The molecule has 1 aliphatic heterocycles. The number of amides is 1. The molecule has 0 aromatic rings. The fourth-order valence-corrected chi connectivity index (χ4v) is 1.95. The lowest BCUT2D eigenvalue weighted by atomic mass is 10.0. The third kappa shape index (κ3) is 3.20. The molecule has 1 saturated heterocycles. The van der Waals surface area contributed by atoms with Crippen LogP contribution in [0.25, 0.3) is 0 Å². The highest BCUT2D eigenvalue weighted by atomic mass is 16.5. The van der Waals surface area contributed by atoms with Crippen molar-refractivity contribution < 1.29 is 14.3 Å². The number of nitrogens with zero attached hydrogens (tertiary/aromatic N) is 1. The molecule has 0 radical (unpaired) electrons. The van der Waals surface area contributed by atoms with Crippen LogP contribution >= 0.6 is 0 Å². The summed E-state index contributed by atoms with van der Waals surface area (Å²) in [6, 6.07) is -0.179. The van der Waals surface area contributed by atoms with E-state index in [9.17, 15) is 9.59 Å². The molecule has 5 nitrogen and oxygen atoms in total. The van der Waals surface area contributed by atoms with Gasteiger partial charge in [0.25, 0.3) is 0 Å². The number of ether oxygens (including phenoxy) is 1. The molecule has 1 aliphatic rings. The summed E-state index contributed by atoms with van der Waals surface area (Å²) < 4.78 is 4.58. The quantitative estimate of drug-likeness (QED) is 0.691. The maximum Gasteiger partial charge on any atom is 0.325 e. The van der Waals surface area contributed by atoms with Gasteiger partial charge in [-0.1, -0.05) is 6.92 Å². The van der Waals surface area contributed by atoms with E-state index in [1.54, 1.807) is 11.9 Å². The first-order chi connectivity index (χ1) is 7.58. The molecule has 0 aromatic heterocycles. The molecule has 16 heavy (non-hydrogen) atoms. The van der Waals surface area contributed by atoms with Gasteiger partial charge in [-0.25, -0.2) is 0 Å². The number of likely N-dealkylation sites (N-methyl/N-ethyl adjacent to an activating group) is 1. The minimum absolute atomic E-state index is 0.00255. The minimum Gasteiger partial charge on any atom is -0.468 e. The van der Waals surface area contributed by atoms with E-state index in [1.807, 2.05) is 0 Å². The number of methoxy groups -OCH3 is 1. The molecule has 1 N–H and O–H groups in total. The van der Waals surface area contributed by atoms with E-state index in [2.05, 4.69) is 17.0 Å². The Bertz CT molecular complexity index is 268. The number of hydrogen-bond donors (Lipinski definition) is 1. The second-order valence-corrected chi connectivity index (χ2v) is 4.31. The number of hydrogen-bond acceptors (Lipinski definition) is 4. The van der Waals surface area contributed by atoms with Gasteiger partial charge >= 0.3 is 5.97 Å². The summed E-state index contributed by atoms with van der Waals surface area (Å²) in [5, 5.41) is 3.00. The van der Waals surface area contributed by atoms with Gasteiger partial charge in [0.1, 0.15) is 6.54 Å². The Morgan fingerprint density at radius 2 is 2.31 bits per heavy atom. The third-order valence-corrected chi connectivity index (χ3v) is 3.04. The van der Waals surface area contributed by atoms with Gasteiger partial charge in [-0.2, -0.15) is 0 Å². The first kappa shape index (κ1) is 13.0. The van der Waals surface area contributed by atoms with Crippen LogP contribution in [0.15, 0.2) is 0 Å². The van der Waals surface area contributed by atoms with Crippen LogP contribution in [0, 0.1) is 5.92 Å². The minimum atomic E-state index is -0.363. The van der Waals surface area contributed by atoms with Crippen LogP contribution in [-0.4, -0.2) is 50.1 Å². The van der Waals surface area contributed by atoms with Crippen LogP contribution in [0.4, 0.5) is 0 Å². The average molecular weight is 228 g/mol. The normalized spacial score (nSPS) is 26.4. The second kappa shape index (κ2) is 5.84. The summed E-state index contributed by atoms with van der Waals surface area (Å²) in [5.41, 5.74) is 0. The van der Waals surface area contributed by atoms with Crippen molar-refractivity contribution in [2.75, 3.05) is 27.2 Å². The molecule has 5 heteroatoms. The van der Waals surface area contributed by atoms with Crippen molar-refractivity contribution in [3.05, 3.63) is 0 Å². The molecule has 1 rings (SSSR count). The van der Waals surface area contributed by atoms with Crippen molar-refractivity contribution in [3.63, 3.8) is 0 Å². The molecule has 2 unspecified atom stereocenters. The maximum absolute atomic E-state index is 12.0. The molecule has 0 saturated carbocycles. The Morgan fingerprint density at radius 1 is 1.62 bits per heavy atom. The Balaban J connectivity index is 2.68. The van der Waals surface area contributed by atoms with E-state index in [4.69, 9.17) is 0 Å². The number of carbonyl (C=O) groups is 2. The van der Waals surface area contributed by atoms with Gasteiger partial charge in [0.05, 0.1) is 13.2 Å². The second-order valence-electron chi connectivity index (χ2n) is 4.31. The molecule has 2 atom stereocenters. The third-order valence-electron chi connectivity index (χ3n) is 3.04. The zero-order valence-electron chi connectivity index (χ0n) is 10.2. The Labute approximate surface area is 96.1 Å². The Kier molecular flexibility index (Phi) is 4.73. The van der Waals surface area contributed by atoms with Gasteiger partial charge in [-0.3, -0.25) is 9.59 Å². The molecular weight excluding hydrogens is 208 g/mol. The summed E-state index contributed by atoms with van der Waals surface area (Å²) in [6.45, 7) is 2.81. The Morgan fingerprint density at radius 3 is 2.88 bits per heavy atom. The van der Waals surface area contributed by atoms with Crippen LogP contribution in [0.3, 0.4) is 0 Å². The van der Waals surface area contributed by atoms with Crippen LogP contribution in [0.1, 0.15) is 19.8 Å². The largest absolute Gasteiger partial charge is 0.468 e. The van der Waals surface area contributed by atoms with Gasteiger partial charge in [0.15, 0.2) is 0 Å². The highest BCUT2D eigenvalue weighted by Gasteiger charge is 2.29. The molecule has 0 bridgehead atoms.